The SMILES string of the molecule is C[C@@H](Sc1nncn1Cc1ccco1)C(=O)Nc1ccccc1. The molecule has 0 radical (unpaired) electrons. The highest BCUT2D eigenvalue weighted by Crippen LogP contribution is 2.23. The van der Waals surface area contributed by atoms with Crippen molar-refractivity contribution in [1.29, 1.82) is 0 Å². The molecule has 0 saturated heterocycles. The van der Waals surface area contributed by atoms with Crippen molar-refractivity contribution in [3.05, 3.63) is 60.8 Å². The first-order chi connectivity index (χ1) is 11.2. The largest absolute Gasteiger partial charge is 0.467 e. The molecule has 0 spiro atoms. The fourth-order valence-electron chi connectivity index (χ4n) is 1.99. The van der Waals surface area contributed by atoms with E-state index in [-0.39, 0.29) is 11.2 Å². The summed E-state index contributed by atoms with van der Waals surface area (Å²) in [6.45, 7) is 2.38. The van der Waals surface area contributed by atoms with E-state index in [0.29, 0.717) is 11.7 Å². The van der Waals surface area contributed by atoms with E-state index in [1.54, 1.807) is 12.6 Å². The van der Waals surface area contributed by atoms with Gasteiger partial charge in [0, 0.05) is 5.69 Å². The van der Waals surface area contributed by atoms with E-state index in [1.165, 1.54) is 11.8 Å². The molecule has 23 heavy (non-hydrogen) atoms. The molecule has 1 amide bonds. The molecule has 1 N–H and O–H groups in total. The van der Waals surface area contributed by atoms with Crippen molar-refractivity contribution in [3.8, 4) is 0 Å². The van der Waals surface area contributed by atoms with E-state index in [0.717, 1.165) is 11.4 Å². The van der Waals surface area contributed by atoms with Gasteiger partial charge >= 0.3 is 0 Å². The van der Waals surface area contributed by atoms with Gasteiger partial charge in [0.1, 0.15) is 12.1 Å². The highest BCUT2D eigenvalue weighted by molar-refractivity contribution is 8.00. The van der Waals surface area contributed by atoms with Crippen LogP contribution in [-0.4, -0.2) is 25.9 Å². The maximum Gasteiger partial charge on any atom is 0.237 e. The van der Waals surface area contributed by atoms with Crippen molar-refractivity contribution in [2.45, 2.75) is 23.9 Å². The van der Waals surface area contributed by atoms with Crippen molar-refractivity contribution in [1.82, 2.24) is 14.8 Å². The number of amides is 1. The number of rotatable bonds is 6. The molecule has 0 unspecified atom stereocenters. The van der Waals surface area contributed by atoms with Crippen molar-refractivity contribution < 1.29 is 9.21 Å². The van der Waals surface area contributed by atoms with Crippen LogP contribution in [0.25, 0.3) is 0 Å². The Labute approximate surface area is 137 Å². The monoisotopic (exact) mass is 328 g/mol. The number of hydrogen-bond donors (Lipinski definition) is 1. The van der Waals surface area contributed by atoms with Gasteiger partial charge in [0.15, 0.2) is 5.16 Å². The fraction of sp³-hybridized carbons (Fsp3) is 0.188. The fourth-order valence-corrected chi connectivity index (χ4v) is 2.82. The summed E-state index contributed by atoms with van der Waals surface area (Å²) in [4.78, 5) is 12.3. The molecule has 118 valence electrons. The van der Waals surface area contributed by atoms with Crippen molar-refractivity contribution >= 4 is 23.4 Å². The summed E-state index contributed by atoms with van der Waals surface area (Å²) < 4.78 is 7.19. The van der Waals surface area contributed by atoms with Crippen LogP contribution in [0.4, 0.5) is 5.69 Å². The predicted molar refractivity (Wildman–Crippen MR) is 88.2 cm³/mol. The predicted octanol–water partition coefficient (Wildman–Crippen LogP) is 3.04. The lowest BCUT2D eigenvalue weighted by molar-refractivity contribution is -0.115. The quantitative estimate of drug-likeness (QED) is 0.704. The molecule has 0 fully saturated rings. The second-order valence-electron chi connectivity index (χ2n) is 4.94. The first-order valence-electron chi connectivity index (χ1n) is 7.15. The minimum atomic E-state index is -0.297. The number of benzene rings is 1. The number of hydrogen-bond acceptors (Lipinski definition) is 5. The van der Waals surface area contributed by atoms with Gasteiger partial charge in [-0.3, -0.25) is 4.79 Å². The average Bonchev–Trinajstić information content (AvgIpc) is 3.21. The molecule has 1 aromatic carbocycles. The van der Waals surface area contributed by atoms with Crippen LogP contribution in [0.5, 0.6) is 0 Å². The maximum absolute atomic E-state index is 12.3. The topological polar surface area (TPSA) is 73.0 Å². The van der Waals surface area contributed by atoms with E-state index < -0.39 is 0 Å². The Balaban J connectivity index is 1.62. The van der Waals surface area contributed by atoms with Crippen molar-refractivity contribution in [3.63, 3.8) is 0 Å². The number of nitrogens with one attached hydrogen (secondary N) is 1. The Morgan fingerprint density at radius 1 is 1.30 bits per heavy atom. The minimum Gasteiger partial charge on any atom is -0.467 e. The van der Waals surface area contributed by atoms with Gasteiger partial charge in [0.25, 0.3) is 0 Å². The number of nitrogens with zero attached hydrogens (tertiary/aromatic N) is 3. The Morgan fingerprint density at radius 2 is 2.13 bits per heavy atom. The molecule has 7 heteroatoms. The number of thioether (sulfide) groups is 1. The third-order valence-electron chi connectivity index (χ3n) is 3.18. The van der Waals surface area contributed by atoms with E-state index in [1.807, 2.05) is 54.0 Å². The maximum atomic E-state index is 12.3. The normalized spacial score (nSPS) is 12.0. The lowest BCUT2D eigenvalue weighted by atomic mass is 10.3. The summed E-state index contributed by atoms with van der Waals surface area (Å²) in [7, 11) is 0. The highest BCUT2D eigenvalue weighted by atomic mass is 32.2. The Bertz CT molecular complexity index is 756. The summed E-state index contributed by atoms with van der Waals surface area (Å²) >= 11 is 1.36. The van der Waals surface area contributed by atoms with Crippen LogP contribution in [-0.2, 0) is 11.3 Å². The zero-order chi connectivity index (χ0) is 16.1. The Kier molecular flexibility index (Phi) is 4.77. The van der Waals surface area contributed by atoms with E-state index in [2.05, 4.69) is 15.5 Å². The van der Waals surface area contributed by atoms with Gasteiger partial charge in [-0.15, -0.1) is 10.2 Å². The van der Waals surface area contributed by atoms with Crippen molar-refractivity contribution in [2.75, 3.05) is 5.32 Å². The standard InChI is InChI=1S/C16H16N4O2S/c1-12(15(21)18-13-6-3-2-4-7-13)23-16-19-17-11-20(16)10-14-8-5-9-22-14/h2-9,11-12H,10H2,1H3,(H,18,21)/t12-/m1/s1. The van der Waals surface area contributed by atoms with Crippen LogP contribution in [0.15, 0.2) is 64.6 Å². The molecule has 6 nitrogen and oxygen atoms in total. The number of carbonyl (C=O) groups excluding carboxylic acids is 1. The zero-order valence-corrected chi connectivity index (χ0v) is 13.4. The molecule has 0 aliphatic rings. The summed E-state index contributed by atoms with van der Waals surface area (Å²) in [6.07, 6.45) is 3.26. The first-order valence-corrected chi connectivity index (χ1v) is 8.03. The summed E-state index contributed by atoms with van der Waals surface area (Å²) in [5.41, 5.74) is 0.780. The molecule has 0 bridgehead atoms. The van der Waals surface area contributed by atoms with Crippen LogP contribution in [0.3, 0.4) is 0 Å². The number of aromatic nitrogens is 3. The van der Waals surface area contributed by atoms with Crippen molar-refractivity contribution in [2.24, 2.45) is 0 Å². The second kappa shape index (κ2) is 7.15. The molecule has 0 saturated carbocycles. The number of furan rings is 1. The smallest absolute Gasteiger partial charge is 0.237 e. The lowest BCUT2D eigenvalue weighted by Gasteiger charge is -2.12. The molecule has 0 aliphatic heterocycles. The molecule has 0 aliphatic carbocycles. The number of para-hydroxylation sites is 1. The second-order valence-corrected chi connectivity index (χ2v) is 6.24. The Hall–Kier alpha value is -2.54. The zero-order valence-electron chi connectivity index (χ0n) is 12.5. The van der Waals surface area contributed by atoms with Gasteiger partial charge in [-0.2, -0.15) is 0 Å². The molecule has 1 atom stereocenters. The molecular formula is C16H16N4O2S. The molecule has 2 heterocycles. The van der Waals surface area contributed by atoms with Gasteiger partial charge < -0.3 is 14.3 Å². The van der Waals surface area contributed by atoms with Gasteiger partial charge in [-0.1, -0.05) is 30.0 Å². The van der Waals surface area contributed by atoms with Crippen LogP contribution >= 0.6 is 11.8 Å². The molecule has 2 aromatic heterocycles. The highest BCUT2D eigenvalue weighted by Gasteiger charge is 2.18. The first kappa shape index (κ1) is 15.4. The lowest BCUT2D eigenvalue weighted by Crippen LogP contribution is -2.22. The molecule has 3 aromatic rings. The Morgan fingerprint density at radius 3 is 2.87 bits per heavy atom. The number of carbonyl (C=O) groups is 1. The number of anilines is 1. The minimum absolute atomic E-state index is 0.0752. The average molecular weight is 328 g/mol. The van der Waals surface area contributed by atoms with Gasteiger partial charge in [0.05, 0.1) is 18.1 Å². The van der Waals surface area contributed by atoms with E-state index in [9.17, 15) is 4.79 Å². The van der Waals surface area contributed by atoms with E-state index in [4.69, 9.17) is 4.42 Å². The van der Waals surface area contributed by atoms with Crippen LogP contribution in [0.1, 0.15) is 12.7 Å². The summed E-state index contributed by atoms with van der Waals surface area (Å²) in [6, 6.07) is 13.1. The van der Waals surface area contributed by atoms with Gasteiger partial charge in [-0.05, 0) is 31.2 Å². The summed E-state index contributed by atoms with van der Waals surface area (Å²) in [5.74, 6) is 0.738. The van der Waals surface area contributed by atoms with Crippen LogP contribution < -0.4 is 5.32 Å². The molecule has 3 rings (SSSR count). The van der Waals surface area contributed by atoms with E-state index >= 15 is 0 Å². The van der Waals surface area contributed by atoms with Gasteiger partial charge in [0.2, 0.25) is 5.91 Å². The third-order valence-corrected chi connectivity index (χ3v) is 4.27. The summed E-state index contributed by atoms with van der Waals surface area (Å²) in [5, 5.41) is 11.3. The third kappa shape index (κ3) is 4.01. The van der Waals surface area contributed by atoms with Gasteiger partial charge in [-0.25, -0.2) is 0 Å². The molecular weight excluding hydrogens is 312 g/mol. The van der Waals surface area contributed by atoms with Crippen LogP contribution in [0, 0.1) is 0 Å². The van der Waals surface area contributed by atoms with Crippen LogP contribution in [0.2, 0.25) is 0 Å².